The molecule has 0 heterocycles. The van der Waals surface area contributed by atoms with E-state index in [-0.39, 0.29) is 19.0 Å². The third-order valence-electron chi connectivity index (χ3n) is 13.9. The van der Waals surface area contributed by atoms with Crippen molar-refractivity contribution in [1.29, 1.82) is 0 Å². The van der Waals surface area contributed by atoms with Crippen molar-refractivity contribution >= 4 is 17.6 Å². The third-order valence-corrected chi connectivity index (χ3v) is 20.2. The average Bonchev–Trinajstić information content (AvgIpc) is 3.32. The number of quaternary nitrogens is 2. The molecule has 0 fully saturated rings. The van der Waals surface area contributed by atoms with Crippen LogP contribution in [-0.2, 0) is 26.6 Å². The van der Waals surface area contributed by atoms with E-state index in [1.165, 1.54) is 232 Å². The second-order valence-electron chi connectivity index (χ2n) is 21.8. The Balaban J connectivity index is -0.000000600. The zero-order chi connectivity index (χ0) is 53.5. The van der Waals surface area contributed by atoms with Gasteiger partial charge in [-0.3, -0.25) is 0 Å². The zero-order valence-electron chi connectivity index (χ0n) is 51.4. The van der Waals surface area contributed by atoms with Gasteiger partial charge >= 0.3 is 17.6 Å². The van der Waals surface area contributed by atoms with E-state index in [0.717, 1.165) is 33.9 Å². The minimum Gasteiger partial charge on any atom is -1.00 e. The Morgan fingerprint density at radius 2 is 0.417 bits per heavy atom. The van der Waals surface area contributed by atoms with Gasteiger partial charge in [-0.05, 0) is 67.2 Å². The molecule has 0 aliphatic heterocycles. The smallest absolute Gasteiger partial charge is 0.501 e. The van der Waals surface area contributed by atoms with Gasteiger partial charge in [0.05, 0.1) is 54.4 Å². The fraction of sp³-hybridized carbons (Fsp3) is 1.00. The molecule has 0 radical (unpaired) electrons. The molecule has 12 heteroatoms. The molecule has 0 rings (SSSR count). The molecule has 0 unspecified atom stereocenters. The summed E-state index contributed by atoms with van der Waals surface area (Å²) in [5.74, 6) is 0. The second kappa shape index (κ2) is 59.0. The van der Waals surface area contributed by atoms with Crippen molar-refractivity contribution in [2.45, 2.75) is 293 Å². The van der Waals surface area contributed by atoms with Crippen LogP contribution in [0, 0.1) is 0 Å². The number of rotatable bonds is 54. The Labute approximate surface area is 461 Å². The van der Waals surface area contributed by atoms with E-state index in [1.807, 2.05) is 41.5 Å². The summed E-state index contributed by atoms with van der Waals surface area (Å²) in [6.45, 7) is 27.3. The highest BCUT2D eigenvalue weighted by Gasteiger charge is 2.41. The lowest BCUT2D eigenvalue weighted by Gasteiger charge is -2.32. The molecule has 0 aliphatic rings. The summed E-state index contributed by atoms with van der Waals surface area (Å²) in [5, 5.41) is 8.93. The number of hydrogen-bond acceptors (Lipinski definition) is 7. The van der Waals surface area contributed by atoms with Crippen LogP contribution in [0.5, 0.6) is 0 Å². The summed E-state index contributed by atoms with van der Waals surface area (Å²) < 4.78 is 38.2. The highest BCUT2D eigenvalue weighted by molar-refractivity contribution is 6.61. The number of hydrogen-bond donors (Lipinski definition) is 0. The fourth-order valence-corrected chi connectivity index (χ4v) is 15.0. The molecule has 0 aromatic carbocycles. The van der Waals surface area contributed by atoms with Crippen LogP contribution in [0.1, 0.15) is 281 Å². The van der Waals surface area contributed by atoms with Crippen molar-refractivity contribution < 1.29 is 53.0 Å². The molecule has 0 atom stereocenters. The molecule has 0 spiro atoms. The van der Waals surface area contributed by atoms with Crippen LogP contribution in [0.15, 0.2) is 0 Å². The number of nitrogens with zero attached hydrogens (tertiary/aromatic N) is 2. The molecule has 0 aromatic rings. The Morgan fingerprint density at radius 3 is 0.583 bits per heavy atom. The molecule has 72 heavy (non-hydrogen) atoms. The zero-order valence-corrected chi connectivity index (χ0v) is 54.1. The lowest BCUT2D eigenvalue weighted by Crippen LogP contribution is -3.00. The van der Waals surface area contributed by atoms with Crippen LogP contribution in [0.4, 0.5) is 0 Å². The van der Waals surface area contributed by atoms with Gasteiger partial charge < -0.3 is 53.0 Å². The Morgan fingerprint density at radius 1 is 0.264 bits per heavy atom. The molecule has 0 aliphatic carbocycles. The summed E-state index contributed by atoms with van der Waals surface area (Å²) >= 11 is 0. The molecule has 440 valence electrons. The highest BCUT2D eigenvalue weighted by Crippen LogP contribution is 2.22. The van der Waals surface area contributed by atoms with Gasteiger partial charge in [0.1, 0.15) is 0 Å². The topological polar surface area (TPSA) is 78.4 Å². The first-order chi connectivity index (χ1) is 34.3. The first kappa shape index (κ1) is 78.9. The lowest BCUT2D eigenvalue weighted by atomic mass is 10.0. The van der Waals surface area contributed by atoms with Crippen LogP contribution >= 0.6 is 0 Å². The predicted octanol–water partition coefficient (Wildman–Crippen LogP) is 13.9. The molecular formula is C60H133ClN2O7Si2. The van der Waals surface area contributed by atoms with E-state index in [1.54, 1.807) is 6.92 Å². The van der Waals surface area contributed by atoms with Crippen LogP contribution in [-0.4, -0.2) is 127 Å². The second-order valence-corrected chi connectivity index (χ2v) is 27.3. The summed E-state index contributed by atoms with van der Waals surface area (Å²) in [4.78, 5) is 0. The summed E-state index contributed by atoms with van der Waals surface area (Å²) in [6.07, 6.45) is 48.1. The van der Waals surface area contributed by atoms with E-state index >= 15 is 0 Å². The van der Waals surface area contributed by atoms with Gasteiger partial charge in [-0.2, -0.15) is 0 Å². The molecule has 0 saturated heterocycles. The van der Waals surface area contributed by atoms with E-state index in [9.17, 15) is 0 Å². The lowest BCUT2D eigenvalue weighted by molar-refractivity contribution is -0.890. The average molecular weight is 1090 g/mol. The maximum absolute atomic E-state index is 8.93. The minimum absolute atomic E-state index is 0. The first-order valence-corrected chi connectivity index (χ1v) is 35.2. The van der Waals surface area contributed by atoms with Gasteiger partial charge in [-0.1, -0.05) is 201 Å². The molecule has 9 nitrogen and oxygen atoms in total. The Kier molecular flexibility index (Phi) is 64.7. The fourth-order valence-electron chi connectivity index (χ4n) is 9.85. The van der Waals surface area contributed by atoms with Crippen LogP contribution in [0.2, 0.25) is 12.1 Å². The highest BCUT2D eigenvalue weighted by atomic mass is 35.5. The van der Waals surface area contributed by atoms with Crippen LogP contribution in [0.3, 0.4) is 0 Å². The van der Waals surface area contributed by atoms with Gasteiger partial charge in [-0.25, -0.2) is 0 Å². The standard InChI is InChI=1S/2C29H64NO3Si.C2H5O.ClH/c2*1-7-11-12-13-14-15-16-17-18-19-20-21-22-23-24-25-27-30(5,6)28-26-29-34(31-8-2,32-9-3)33-10-4;1-2-3;/h2*7-29H2,1-6H3;2H2,1H3;1H/q2*+1;-1;/p-1. The number of unbranched alkanes of at least 4 members (excludes halogenated alkanes) is 30. The normalized spacial score (nSPS) is 12.1. The molecular weight excluding hydrogens is 952 g/mol. The predicted molar refractivity (Wildman–Crippen MR) is 313 cm³/mol. The van der Waals surface area contributed by atoms with Gasteiger partial charge in [0, 0.05) is 64.6 Å². The van der Waals surface area contributed by atoms with E-state index < -0.39 is 17.6 Å². The van der Waals surface area contributed by atoms with Crippen molar-refractivity contribution in [3.63, 3.8) is 0 Å². The largest absolute Gasteiger partial charge is 1.00 e. The Bertz CT molecular complexity index is 909. The van der Waals surface area contributed by atoms with Gasteiger partial charge in [0.25, 0.3) is 0 Å². The number of halogens is 1. The van der Waals surface area contributed by atoms with Crippen molar-refractivity contribution in [2.75, 3.05) is 101 Å². The van der Waals surface area contributed by atoms with E-state index in [2.05, 4.69) is 42.0 Å². The van der Waals surface area contributed by atoms with Crippen LogP contribution < -0.4 is 17.5 Å². The monoisotopic (exact) mass is 1080 g/mol. The molecule has 0 aromatic heterocycles. The summed E-state index contributed by atoms with van der Waals surface area (Å²) in [6, 6.07) is 1.87. The minimum atomic E-state index is -2.48. The molecule has 0 amide bonds. The van der Waals surface area contributed by atoms with E-state index in [4.69, 9.17) is 31.7 Å². The van der Waals surface area contributed by atoms with Gasteiger partial charge in [-0.15, -0.1) is 6.61 Å². The van der Waals surface area contributed by atoms with Gasteiger partial charge in [0.2, 0.25) is 0 Å². The van der Waals surface area contributed by atoms with Crippen molar-refractivity contribution in [3.8, 4) is 0 Å². The van der Waals surface area contributed by atoms with Crippen molar-refractivity contribution in [1.82, 2.24) is 0 Å². The van der Waals surface area contributed by atoms with Crippen LogP contribution in [0.25, 0.3) is 0 Å². The summed E-state index contributed by atoms with van der Waals surface area (Å²) in [5.41, 5.74) is 0. The Hall–Kier alpha value is 0.364. The molecule has 0 N–H and O–H groups in total. The molecule has 0 bridgehead atoms. The third kappa shape index (κ3) is 55.1. The van der Waals surface area contributed by atoms with Crippen molar-refractivity contribution in [2.24, 2.45) is 0 Å². The SMILES string of the molecule is CCCCCCCCCCCCCCCCCC[N+](C)(C)CCC[Si](OCC)(OCC)OCC.CCCCCCCCCCCCCCCCCC[N+](C)(C)CCC[Si](OCC)(OCC)OCC.CC[O-].[Cl-]. The van der Waals surface area contributed by atoms with Crippen molar-refractivity contribution in [3.05, 3.63) is 0 Å². The maximum Gasteiger partial charge on any atom is 0.501 e. The summed E-state index contributed by atoms with van der Waals surface area (Å²) in [7, 11) is 4.52. The first-order valence-electron chi connectivity index (χ1n) is 31.4. The maximum atomic E-state index is 8.93. The quantitative estimate of drug-likeness (QED) is 0.0341. The van der Waals surface area contributed by atoms with E-state index in [0.29, 0.717) is 39.6 Å². The van der Waals surface area contributed by atoms with Gasteiger partial charge in [0.15, 0.2) is 0 Å². The molecule has 0 saturated carbocycles.